The van der Waals surface area contributed by atoms with Crippen molar-refractivity contribution in [1.29, 1.82) is 0 Å². The van der Waals surface area contributed by atoms with Gasteiger partial charge in [-0.1, -0.05) is 6.92 Å². The molecule has 1 saturated heterocycles. The average molecular weight is 364 g/mol. The fourth-order valence-corrected chi connectivity index (χ4v) is 8.03. The van der Waals surface area contributed by atoms with Gasteiger partial charge in [-0.3, -0.25) is 4.79 Å². The molecule has 1 N–H and O–H groups in total. The van der Waals surface area contributed by atoms with E-state index in [-0.39, 0.29) is 29.3 Å². The highest BCUT2D eigenvalue weighted by Crippen LogP contribution is 2.79. The Morgan fingerprint density at radius 2 is 1.81 bits per heavy atom. The Balaban J connectivity index is 1.65. The van der Waals surface area contributed by atoms with Crippen molar-refractivity contribution in [3.8, 4) is 0 Å². The van der Waals surface area contributed by atoms with E-state index >= 15 is 0 Å². The van der Waals surface area contributed by atoms with Crippen LogP contribution in [0.3, 0.4) is 0 Å². The zero-order valence-corrected chi connectivity index (χ0v) is 16.4. The lowest BCUT2D eigenvalue weighted by molar-refractivity contribution is -0.440. The van der Waals surface area contributed by atoms with Crippen molar-refractivity contribution in [2.75, 3.05) is 7.11 Å². The molecule has 1 aliphatic heterocycles. The summed E-state index contributed by atoms with van der Waals surface area (Å²) in [7, 11) is 1.81. The molecule has 0 radical (unpaired) electrons. The van der Waals surface area contributed by atoms with E-state index in [1.165, 1.54) is 0 Å². The number of methoxy groups -OCH3 is 1. The number of carbonyl (C=O) groups is 1. The second kappa shape index (κ2) is 5.03. The Morgan fingerprint density at radius 3 is 2.54 bits per heavy atom. The van der Waals surface area contributed by atoms with Gasteiger partial charge in [0.2, 0.25) is 5.79 Å². The minimum absolute atomic E-state index is 0.0337. The minimum atomic E-state index is -0.878. The van der Waals surface area contributed by atoms with Gasteiger partial charge < -0.3 is 19.3 Å². The van der Waals surface area contributed by atoms with Gasteiger partial charge in [-0.15, -0.1) is 0 Å². The smallest absolute Gasteiger partial charge is 0.318 e. The Labute approximate surface area is 155 Å². The predicted octanol–water partition coefficient (Wildman–Crippen LogP) is 3.04. The molecule has 5 rings (SSSR count). The normalized spacial score (nSPS) is 57.1. The van der Waals surface area contributed by atoms with Crippen LogP contribution in [0.25, 0.3) is 0 Å². The lowest BCUT2D eigenvalue weighted by Gasteiger charge is -2.79. The maximum atomic E-state index is 13.5. The highest BCUT2D eigenvalue weighted by molar-refractivity contribution is 5.83. The van der Waals surface area contributed by atoms with Crippen LogP contribution in [0.5, 0.6) is 0 Å². The molecule has 0 aromatic carbocycles. The molecule has 1 unspecified atom stereocenters. The van der Waals surface area contributed by atoms with E-state index < -0.39 is 16.8 Å². The molecule has 5 nitrogen and oxygen atoms in total. The molecule has 0 aromatic heterocycles. The fraction of sp³-hybridized carbons (Fsp3) is 0.952. The van der Waals surface area contributed by atoms with Crippen LogP contribution in [-0.2, 0) is 19.0 Å². The first-order valence-corrected chi connectivity index (χ1v) is 10.3. The molecule has 4 aliphatic carbocycles. The van der Waals surface area contributed by atoms with E-state index in [1.807, 2.05) is 13.8 Å². The highest BCUT2D eigenvalue weighted by atomic mass is 16.7. The number of aliphatic hydroxyl groups is 1. The second-order valence-corrected chi connectivity index (χ2v) is 10.3. The first kappa shape index (κ1) is 17.4. The summed E-state index contributed by atoms with van der Waals surface area (Å²) in [6.45, 7) is 6.11. The van der Waals surface area contributed by atoms with E-state index in [0.29, 0.717) is 24.9 Å². The first-order valence-electron chi connectivity index (χ1n) is 10.3. The summed E-state index contributed by atoms with van der Waals surface area (Å²) in [5.41, 5.74) is -1.03. The van der Waals surface area contributed by atoms with Crippen LogP contribution < -0.4 is 0 Å². The summed E-state index contributed by atoms with van der Waals surface area (Å²) in [4.78, 5) is 13.5. The summed E-state index contributed by atoms with van der Waals surface area (Å²) < 4.78 is 18.3. The molecule has 4 saturated carbocycles. The van der Waals surface area contributed by atoms with Crippen molar-refractivity contribution < 1.29 is 24.1 Å². The first-order chi connectivity index (χ1) is 12.2. The van der Waals surface area contributed by atoms with Crippen molar-refractivity contribution in [2.24, 2.45) is 28.6 Å². The molecule has 5 aliphatic rings. The maximum Gasteiger partial charge on any atom is 0.318 e. The second-order valence-electron chi connectivity index (χ2n) is 10.3. The summed E-state index contributed by atoms with van der Waals surface area (Å²) in [6, 6.07) is 0. The number of hydrogen-bond acceptors (Lipinski definition) is 5. The Morgan fingerprint density at radius 1 is 1.08 bits per heavy atom. The molecular formula is C21H32O5. The van der Waals surface area contributed by atoms with E-state index in [4.69, 9.17) is 14.2 Å². The van der Waals surface area contributed by atoms with Crippen molar-refractivity contribution in [3.05, 3.63) is 0 Å². The van der Waals surface area contributed by atoms with E-state index in [2.05, 4.69) is 6.92 Å². The number of aliphatic hydroxyl groups excluding tert-OH is 1. The van der Waals surface area contributed by atoms with Gasteiger partial charge in [-0.25, -0.2) is 0 Å². The molecule has 5 fully saturated rings. The average Bonchev–Trinajstić information content (AvgIpc) is 2.52. The number of carbonyl (C=O) groups excluding carboxylic acids is 1. The number of ether oxygens (including phenoxy) is 3. The van der Waals surface area contributed by atoms with Crippen molar-refractivity contribution in [3.63, 3.8) is 0 Å². The topological polar surface area (TPSA) is 65.0 Å². The molecule has 0 amide bonds. The number of rotatable bonds is 1. The zero-order valence-electron chi connectivity index (χ0n) is 16.4. The number of fused-ring (bicyclic) bond motifs is 1. The van der Waals surface area contributed by atoms with Crippen LogP contribution in [0, 0.1) is 28.6 Å². The van der Waals surface area contributed by atoms with Gasteiger partial charge in [-0.2, -0.15) is 0 Å². The molecule has 0 bridgehead atoms. The Hall–Kier alpha value is -0.650. The van der Waals surface area contributed by atoms with Gasteiger partial charge in [0.05, 0.1) is 17.8 Å². The molecular weight excluding hydrogens is 332 g/mol. The molecule has 0 aromatic rings. The maximum absolute atomic E-state index is 13.5. The van der Waals surface area contributed by atoms with Gasteiger partial charge in [0.25, 0.3) is 0 Å². The van der Waals surface area contributed by atoms with Crippen molar-refractivity contribution in [1.82, 2.24) is 0 Å². The standard InChI is InChI=1S/C21H32O5/c1-18(2)25-17(23)21-13-7-12-10-16(24-4)5-6-19(12,3)20(21,26-18)11-14(21)9-15(22)8-13/h12-16,22H,5-11H2,1-4H3/t12-,13-,14-,15+,16-,19-,20+,21?/m1/s1. The van der Waals surface area contributed by atoms with E-state index in [0.717, 1.165) is 32.1 Å². The van der Waals surface area contributed by atoms with Crippen LogP contribution in [0.4, 0.5) is 0 Å². The zero-order chi connectivity index (χ0) is 18.5. The minimum Gasteiger partial charge on any atom is -0.433 e. The molecule has 1 heterocycles. The molecule has 26 heavy (non-hydrogen) atoms. The summed E-state index contributed by atoms with van der Waals surface area (Å²) in [5, 5.41) is 10.5. The Kier molecular flexibility index (Phi) is 3.38. The van der Waals surface area contributed by atoms with Crippen molar-refractivity contribution >= 4 is 5.97 Å². The third kappa shape index (κ3) is 1.76. The van der Waals surface area contributed by atoms with E-state index in [1.54, 1.807) is 7.11 Å². The fourth-order valence-electron chi connectivity index (χ4n) is 8.03. The predicted molar refractivity (Wildman–Crippen MR) is 94.1 cm³/mol. The molecule has 146 valence electrons. The lowest BCUT2D eigenvalue weighted by atomic mass is 9.29. The lowest BCUT2D eigenvalue weighted by Crippen LogP contribution is -2.86. The van der Waals surface area contributed by atoms with Gasteiger partial charge in [-0.05, 0) is 62.7 Å². The van der Waals surface area contributed by atoms with Crippen LogP contribution in [0.15, 0.2) is 0 Å². The largest absolute Gasteiger partial charge is 0.433 e. The van der Waals surface area contributed by atoms with Gasteiger partial charge in [0.1, 0.15) is 5.41 Å². The molecule has 5 heteroatoms. The number of hydrogen-bond donors (Lipinski definition) is 1. The third-order valence-corrected chi connectivity index (χ3v) is 8.96. The van der Waals surface area contributed by atoms with Crippen LogP contribution >= 0.6 is 0 Å². The van der Waals surface area contributed by atoms with Gasteiger partial charge in [0.15, 0.2) is 0 Å². The molecule has 8 atom stereocenters. The van der Waals surface area contributed by atoms with Gasteiger partial charge >= 0.3 is 5.97 Å². The summed E-state index contributed by atoms with van der Waals surface area (Å²) in [5.74, 6) is -0.125. The van der Waals surface area contributed by atoms with Crippen LogP contribution in [-0.4, -0.2) is 41.8 Å². The monoisotopic (exact) mass is 364 g/mol. The Bertz CT molecular complexity index is 646. The number of cyclic esters (lactones) is 1. The summed E-state index contributed by atoms with van der Waals surface area (Å²) in [6.07, 6.45) is 6.34. The third-order valence-electron chi connectivity index (χ3n) is 8.96. The highest BCUT2D eigenvalue weighted by Gasteiger charge is 2.85. The SMILES string of the molecule is CO[C@@H]1CC[C@]2(C)[C@@H](C1)C[C@@H]1C[C@H](O)C[C@@H]3C[C@]24OC(C)(C)OC(=O)C314. The molecule has 1 spiro atoms. The number of esters is 1. The van der Waals surface area contributed by atoms with Gasteiger partial charge in [0, 0.05) is 26.4 Å². The van der Waals surface area contributed by atoms with Crippen molar-refractivity contribution in [2.45, 2.75) is 89.3 Å². The van der Waals surface area contributed by atoms with Crippen LogP contribution in [0.2, 0.25) is 0 Å². The quantitative estimate of drug-likeness (QED) is 0.725. The summed E-state index contributed by atoms with van der Waals surface area (Å²) >= 11 is 0. The van der Waals surface area contributed by atoms with E-state index in [9.17, 15) is 9.90 Å². The van der Waals surface area contributed by atoms with Crippen LogP contribution in [0.1, 0.15) is 65.7 Å².